The molecule has 1 aromatic rings. The molecule has 0 fully saturated rings. The summed E-state index contributed by atoms with van der Waals surface area (Å²) in [4.78, 5) is 22.2. The summed E-state index contributed by atoms with van der Waals surface area (Å²) in [7, 11) is 1.29. The Morgan fingerprint density at radius 2 is 1.94 bits per heavy atom. The van der Waals surface area contributed by atoms with Crippen molar-refractivity contribution >= 4 is 17.6 Å². The number of benzene rings is 1. The maximum Gasteiger partial charge on any atom is 0.346 e. The van der Waals surface area contributed by atoms with E-state index in [1.165, 1.54) is 14.0 Å². The van der Waals surface area contributed by atoms with Crippen LogP contribution in [0.5, 0.6) is 5.75 Å². The van der Waals surface area contributed by atoms with Crippen molar-refractivity contribution in [1.29, 1.82) is 0 Å². The van der Waals surface area contributed by atoms with E-state index < -0.39 is 12.1 Å². The Morgan fingerprint density at radius 3 is 2.53 bits per heavy atom. The second kappa shape index (κ2) is 5.89. The van der Waals surface area contributed by atoms with Gasteiger partial charge in [-0.1, -0.05) is 12.1 Å². The number of carbonyl (C=O) groups excluding carboxylic acids is 2. The second-order valence-electron chi connectivity index (χ2n) is 3.46. The molecule has 0 unspecified atom stereocenters. The molecule has 92 valence electrons. The van der Waals surface area contributed by atoms with Crippen molar-refractivity contribution in [1.82, 2.24) is 0 Å². The third-order valence-electron chi connectivity index (χ3n) is 2.03. The van der Waals surface area contributed by atoms with Crippen LogP contribution in [-0.4, -0.2) is 25.1 Å². The Balaban J connectivity index is 2.83. The lowest BCUT2D eigenvalue weighted by atomic mass is 10.3. The second-order valence-corrected chi connectivity index (χ2v) is 3.46. The first kappa shape index (κ1) is 13.0. The van der Waals surface area contributed by atoms with Gasteiger partial charge in [-0.2, -0.15) is 0 Å². The summed E-state index contributed by atoms with van der Waals surface area (Å²) in [6.45, 7) is 2.98. The molecular formula is C12H15NO4. The predicted octanol–water partition coefficient (Wildman–Crippen LogP) is 1.59. The van der Waals surface area contributed by atoms with Gasteiger partial charge < -0.3 is 14.8 Å². The standard InChI is InChI=1S/C12H15NO4/c1-8(12(15)16-3)17-11-7-5-4-6-10(11)13-9(2)14/h4-8H,1-3H3,(H,13,14)/t8-/m0/s1. The maximum absolute atomic E-state index is 11.2. The average Bonchev–Trinajstić information content (AvgIpc) is 2.29. The van der Waals surface area contributed by atoms with Gasteiger partial charge in [0.2, 0.25) is 5.91 Å². The fourth-order valence-electron chi connectivity index (χ4n) is 1.27. The van der Waals surface area contributed by atoms with Crippen LogP contribution in [0.1, 0.15) is 13.8 Å². The number of nitrogens with one attached hydrogen (secondary N) is 1. The predicted molar refractivity (Wildman–Crippen MR) is 62.9 cm³/mol. The van der Waals surface area contributed by atoms with Gasteiger partial charge in [0.25, 0.3) is 0 Å². The first-order chi connectivity index (χ1) is 8.04. The fourth-order valence-corrected chi connectivity index (χ4v) is 1.27. The molecule has 1 rings (SSSR count). The summed E-state index contributed by atoms with van der Waals surface area (Å²) < 4.78 is 9.96. The Morgan fingerprint density at radius 1 is 1.29 bits per heavy atom. The molecule has 0 radical (unpaired) electrons. The van der Waals surface area contributed by atoms with Gasteiger partial charge in [-0.3, -0.25) is 4.79 Å². The molecule has 1 amide bonds. The van der Waals surface area contributed by atoms with Crippen LogP contribution in [0.15, 0.2) is 24.3 Å². The zero-order chi connectivity index (χ0) is 12.8. The summed E-state index contributed by atoms with van der Waals surface area (Å²) in [5, 5.41) is 2.62. The van der Waals surface area contributed by atoms with Crippen LogP contribution in [-0.2, 0) is 14.3 Å². The minimum atomic E-state index is -0.727. The first-order valence-corrected chi connectivity index (χ1v) is 5.15. The third-order valence-corrected chi connectivity index (χ3v) is 2.03. The highest BCUT2D eigenvalue weighted by Gasteiger charge is 2.16. The molecule has 0 saturated heterocycles. The van der Waals surface area contributed by atoms with Crippen molar-refractivity contribution < 1.29 is 19.1 Å². The highest BCUT2D eigenvalue weighted by Crippen LogP contribution is 2.24. The molecule has 0 saturated carbocycles. The highest BCUT2D eigenvalue weighted by atomic mass is 16.6. The maximum atomic E-state index is 11.2. The van der Waals surface area contributed by atoms with E-state index in [0.717, 1.165) is 0 Å². The van der Waals surface area contributed by atoms with Gasteiger partial charge in [0.15, 0.2) is 6.10 Å². The van der Waals surface area contributed by atoms with Crippen molar-refractivity contribution in [2.24, 2.45) is 0 Å². The van der Waals surface area contributed by atoms with Crippen molar-refractivity contribution in [3.05, 3.63) is 24.3 Å². The topological polar surface area (TPSA) is 64.6 Å². The normalized spacial score (nSPS) is 11.5. The molecule has 1 atom stereocenters. The van der Waals surface area contributed by atoms with Gasteiger partial charge in [0, 0.05) is 6.92 Å². The van der Waals surface area contributed by atoms with E-state index in [0.29, 0.717) is 11.4 Å². The lowest BCUT2D eigenvalue weighted by Gasteiger charge is -2.15. The molecule has 0 heterocycles. The Hall–Kier alpha value is -2.04. The van der Waals surface area contributed by atoms with Crippen LogP contribution in [0.3, 0.4) is 0 Å². The minimum absolute atomic E-state index is 0.202. The van der Waals surface area contributed by atoms with Gasteiger partial charge >= 0.3 is 5.97 Å². The van der Waals surface area contributed by atoms with Crippen molar-refractivity contribution in [3.8, 4) is 5.75 Å². The van der Waals surface area contributed by atoms with Crippen molar-refractivity contribution in [2.45, 2.75) is 20.0 Å². The fraction of sp³-hybridized carbons (Fsp3) is 0.333. The molecule has 0 aliphatic carbocycles. The van der Waals surface area contributed by atoms with Crippen LogP contribution in [0.4, 0.5) is 5.69 Å². The van der Waals surface area contributed by atoms with Gasteiger partial charge in [0.1, 0.15) is 5.75 Å². The van der Waals surface area contributed by atoms with E-state index in [-0.39, 0.29) is 5.91 Å². The van der Waals surface area contributed by atoms with Crippen LogP contribution < -0.4 is 10.1 Å². The molecule has 17 heavy (non-hydrogen) atoms. The lowest BCUT2D eigenvalue weighted by molar-refractivity contribution is -0.147. The molecule has 0 aliphatic rings. The summed E-state index contributed by atoms with van der Waals surface area (Å²) in [5.74, 6) is -0.241. The SMILES string of the molecule is COC(=O)[C@H](C)Oc1ccccc1NC(C)=O. The summed E-state index contributed by atoms with van der Waals surface area (Å²) in [6, 6.07) is 6.89. The smallest absolute Gasteiger partial charge is 0.346 e. The van der Waals surface area contributed by atoms with Gasteiger partial charge in [-0.15, -0.1) is 0 Å². The van der Waals surface area contributed by atoms with Crippen molar-refractivity contribution in [3.63, 3.8) is 0 Å². The molecular weight excluding hydrogens is 222 g/mol. The molecule has 1 aromatic carbocycles. The highest BCUT2D eigenvalue weighted by molar-refractivity contribution is 5.90. The Bertz CT molecular complexity index is 417. The quantitative estimate of drug-likeness (QED) is 0.807. The summed E-state index contributed by atoms with van der Waals surface area (Å²) >= 11 is 0. The molecule has 0 aromatic heterocycles. The summed E-state index contributed by atoms with van der Waals surface area (Å²) in [6.07, 6.45) is -0.727. The van der Waals surface area contributed by atoms with Crippen LogP contribution in [0, 0.1) is 0 Å². The van der Waals surface area contributed by atoms with Gasteiger partial charge in [0.05, 0.1) is 12.8 Å². The van der Waals surface area contributed by atoms with E-state index in [9.17, 15) is 9.59 Å². The van der Waals surface area contributed by atoms with Gasteiger partial charge in [-0.05, 0) is 19.1 Å². The lowest BCUT2D eigenvalue weighted by Crippen LogP contribution is -2.25. The van der Waals surface area contributed by atoms with E-state index in [2.05, 4.69) is 10.1 Å². The zero-order valence-electron chi connectivity index (χ0n) is 10.0. The number of ether oxygens (including phenoxy) is 2. The number of carbonyl (C=O) groups is 2. The molecule has 0 bridgehead atoms. The molecule has 5 nitrogen and oxygen atoms in total. The monoisotopic (exact) mass is 237 g/mol. The largest absolute Gasteiger partial charge is 0.477 e. The number of para-hydroxylation sites is 2. The summed E-state index contributed by atoms with van der Waals surface area (Å²) in [5.41, 5.74) is 0.524. The number of esters is 1. The van der Waals surface area contributed by atoms with E-state index in [1.807, 2.05) is 0 Å². The Labute approximate surface area is 99.7 Å². The Kier molecular flexibility index (Phi) is 4.51. The minimum Gasteiger partial charge on any atom is -0.477 e. The van der Waals surface area contributed by atoms with E-state index >= 15 is 0 Å². The van der Waals surface area contributed by atoms with Gasteiger partial charge in [-0.25, -0.2) is 4.79 Å². The molecule has 1 N–H and O–H groups in total. The van der Waals surface area contributed by atoms with Crippen LogP contribution in [0.2, 0.25) is 0 Å². The third kappa shape index (κ3) is 3.79. The number of hydrogen-bond acceptors (Lipinski definition) is 4. The number of methoxy groups -OCH3 is 1. The van der Waals surface area contributed by atoms with E-state index in [1.54, 1.807) is 31.2 Å². The number of amides is 1. The average molecular weight is 237 g/mol. The molecule has 0 spiro atoms. The first-order valence-electron chi connectivity index (χ1n) is 5.15. The van der Waals surface area contributed by atoms with Crippen LogP contribution in [0.25, 0.3) is 0 Å². The number of hydrogen-bond donors (Lipinski definition) is 1. The zero-order valence-corrected chi connectivity index (χ0v) is 10.0. The molecule has 5 heteroatoms. The number of rotatable bonds is 4. The number of anilines is 1. The molecule has 0 aliphatic heterocycles. The van der Waals surface area contributed by atoms with Crippen molar-refractivity contribution in [2.75, 3.05) is 12.4 Å². The van der Waals surface area contributed by atoms with Crippen LogP contribution >= 0.6 is 0 Å². The van der Waals surface area contributed by atoms with E-state index in [4.69, 9.17) is 4.74 Å².